The van der Waals surface area contributed by atoms with Crippen LogP contribution >= 0.6 is 0 Å². The van der Waals surface area contributed by atoms with E-state index in [1.54, 1.807) is 60.8 Å². The first-order valence-electron chi connectivity index (χ1n) is 8.22. The third kappa shape index (κ3) is 3.47. The summed E-state index contributed by atoms with van der Waals surface area (Å²) in [5.41, 5.74) is 2.82. The second-order valence-electron chi connectivity index (χ2n) is 5.75. The molecular weight excluding hydrogens is 346 g/mol. The number of aromatic nitrogens is 1. The van der Waals surface area contributed by atoms with Gasteiger partial charge in [-0.05, 0) is 35.9 Å². The zero-order chi connectivity index (χ0) is 19.9. The first kappa shape index (κ1) is 18.1. The van der Waals surface area contributed by atoms with Crippen molar-refractivity contribution in [2.45, 2.75) is 0 Å². The van der Waals surface area contributed by atoms with Crippen molar-refractivity contribution in [2.24, 2.45) is 0 Å². The largest absolute Gasteiger partial charge is 0.256 e. The molecule has 0 atom stereocenters. The highest BCUT2D eigenvalue weighted by molar-refractivity contribution is 5.81. The van der Waals surface area contributed by atoms with Crippen molar-refractivity contribution in [3.05, 3.63) is 88.4 Å². The summed E-state index contributed by atoms with van der Waals surface area (Å²) in [4.78, 5) is 4.36. The van der Waals surface area contributed by atoms with Crippen molar-refractivity contribution in [3.63, 3.8) is 0 Å². The zero-order valence-corrected chi connectivity index (χ0v) is 14.6. The third-order valence-electron chi connectivity index (χ3n) is 4.16. The Bertz CT molecular complexity index is 1310. The number of rotatable bonds is 2. The van der Waals surface area contributed by atoms with Gasteiger partial charge in [-0.1, -0.05) is 30.3 Å². The summed E-state index contributed by atoms with van der Waals surface area (Å²) in [5.74, 6) is 0. The van der Waals surface area contributed by atoms with E-state index >= 15 is 0 Å². The summed E-state index contributed by atoms with van der Waals surface area (Å²) in [7, 11) is 0. The summed E-state index contributed by atoms with van der Waals surface area (Å²) in [5, 5.41) is 38.3. The van der Waals surface area contributed by atoms with Gasteiger partial charge in [0.05, 0.1) is 22.9 Å². The molecule has 0 saturated carbocycles. The molecule has 2 aromatic carbocycles. The SMILES string of the molecule is N#CC(C#N)=c1cc/c(=C(/C#N)c2ccc(C#N)cc2)c(-c2ccccn2)c1. The summed E-state index contributed by atoms with van der Waals surface area (Å²) in [6.45, 7) is 0. The zero-order valence-electron chi connectivity index (χ0n) is 14.6. The molecule has 1 aromatic heterocycles. The Labute approximate surface area is 161 Å². The number of nitriles is 4. The van der Waals surface area contributed by atoms with Gasteiger partial charge >= 0.3 is 0 Å². The molecule has 0 saturated heterocycles. The molecule has 0 radical (unpaired) electrons. The highest BCUT2D eigenvalue weighted by Gasteiger charge is 2.09. The van der Waals surface area contributed by atoms with E-state index in [9.17, 15) is 15.8 Å². The first-order chi connectivity index (χ1) is 13.7. The number of benzene rings is 2. The summed E-state index contributed by atoms with van der Waals surface area (Å²) in [6, 6.07) is 25.3. The molecule has 0 N–H and O–H groups in total. The van der Waals surface area contributed by atoms with Crippen molar-refractivity contribution in [2.75, 3.05) is 0 Å². The maximum Gasteiger partial charge on any atom is 0.136 e. The minimum Gasteiger partial charge on any atom is -0.256 e. The average molecular weight is 357 g/mol. The van der Waals surface area contributed by atoms with Crippen molar-refractivity contribution < 1.29 is 0 Å². The van der Waals surface area contributed by atoms with Crippen molar-refractivity contribution in [3.8, 4) is 35.5 Å². The Morgan fingerprint density at radius 3 is 2.11 bits per heavy atom. The van der Waals surface area contributed by atoms with Crippen LogP contribution in [0.3, 0.4) is 0 Å². The lowest BCUT2D eigenvalue weighted by atomic mass is 9.97. The molecular formula is C23H11N5. The van der Waals surface area contributed by atoms with Gasteiger partial charge in [0.2, 0.25) is 0 Å². The maximum atomic E-state index is 9.82. The molecule has 128 valence electrons. The van der Waals surface area contributed by atoms with Crippen LogP contribution in [-0.2, 0) is 0 Å². The van der Waals surface area contributed by atoms with Crippen molar-refractivity contribution >= 4 is 11.1 Å². The molecule has 3 rings (SSSR count). The lowest BCUT2D eigenvalue weighted by Gasteiger charge is -2.06. The number of hydrogen-bond acceptors (Lipinski definition) is 5. The Balaban J connectivity index is 2.43. The molecule has 0 aliphatic rings. The van der Waals surface area contributed by atoms with Crippen LogP contribution in [0.25, 0.3) is 22.4 Å². The van der Waals surface area contributed by atoms with Gasteiger partial charge in [-0.15, -0.1) is 0 Å². The molecule has 0 amide bonds. The van der Waals surface area contributed by atoms with Gasteiger partial charge in [-0.3, -0.25) is 4.98 Å². The molecule has 5 heteroatoms. The topological polar surface area (TPSA) is 108 Å². The van der Waals surface area contributed by atoms with E-state index in [-0.39, 0.29) is 5.57 Å². The van der Waals surface area contributed by atoms with E-state index in [2.05, 4.69) is 17.1 Å². The van der Waals surface area contributed by atoms with E-state index in [0.29, 0.717) is 38.4 Å². The Hall–Kier alpha value is -4.71. The summed E-state index contributed by atoms with van der Waals surface area (Å²) >= 11 is 0. The Morgan fingerprint density at radius 2 is 1.54 bits per heavy atom. The van der Waals surface area contributed by atoms with E-state index in [1.165, 1.54) is 0 Å². The molecule has 28 heavy (non-hydrogen) atoms. The highest BCUT2D eigenvalue weighted by atomic mass is 14.7. The molecule has 0 fully saturated rings. The van der Waals surface area contributed by atoms with Crippen LogP contribution in [0.1, 0.15) is 11.1 Å². The van der Waals surface area contributed by atoms with Crippen LogP contribution in [0.4, 0.5) is 0 Å². The molecule has 1 heterocycles. The molecule has 0 unspecified atom stereocenters. The van der Waals surface area contributed by atoms with Gasteiger partial charge < -0.3 is 0 Å². The lowest BCUT2D eigenvalue weighted by Crippen LogP contribution is -2.17. The molecule has 0 aliphatic carbocycles. The van der Waals surface area contributed by atoms with E-state index in [0.717, 1.165) is 0 Å². The van der Waals surface area contributed by atoms with Gasteiger partial charge in [0.1, 0.15) is 23.8 Å². The predicted molar refractivity (Wildman–Crippen MR) is 103 cm³/mol. The fourth-order valence-electron chi connectivity index (χ4n) is 2.80. The minimum absolute atomic E-state index is 0.0133. The quantitative estimate of drug-likeness (QED) is 0.700. The number of pyridine rings is 1. The molecule has 0 aliphatic heterocycles. The predicted octanol–water partition coefficient (Wildman–Crippen LogP) is 2.54. The summed E-state index contributed by atoms with van der Waals surface area (Å²) < 4.78 is 0. The third-order valence-corrected chi connectivity index (χ3v) is 4.16. The van der Waals surface area contributed by atoms with Crippen LogP contribution < -0.4 is 10.4 Å². The maximum absolute atomic E-state index is 9.82. The van der Waals surface area contributed by atoms with Crippen LogP contribution in [0.5, 0.6) is 0 Å². The van der Waals surface area contributed by atoms with Gasteiger partial charge in [0.15, 0.2) is 0 Å². The number of nitrogens with zero attached hydrogens (tertiary/aromatic N) is 5. The molecule has 0 bridgehead atoms. The normalized spacial score (nSPS) is 10.6. The van der Waals surface area contributed by atoms with Gasteiger partial charge in [-0.25, -0.2) is 0 Å². The Morgan fingerprint density at radius 1 is 0.786 bits per heavy atom. The van der Waals surface area contributed by atoms with Crippen LogP contribution in [-0.4, -0.2) is 4.98 Å². The fraction of sp³-hybridized carbons (Fsp3) is 0. The van der Waals surface area contributed by atoms with Crippen LogP contribution in [0.2, 0.25) is 0 Å². The monoisotopic (exact) mass is 357 g/mol. The minimum atomic E-state index is -0.0133. The lowest BCUT2D eigenvalue weighted by molar-refractivity contribution is 1.31. The van der Waals surface area contributed by atoms with Gasteiger partial charge in [0, 0.05) is 22.2 Å². The highest BCUT2D eigenvalue weighted by Crippen LogP contribution is 2.16. The standard InChI is InChI=1S/C23H11N5/c24-12-16-4-6-17(7-5-16)22(15-27)20-9-8-18(19(13-25)14-26)11-21(20)23-3-1-2-10-28-23/h1-11H/b22-20+. The van der Waals surface area contributed by atoms with Gasteiger partial charge in [0.25, 0.3) is 0 Å². The second-order valence-corrected chi connectivity index (χ2v) is 5.75. The van der Waals surface area contributed by atoms with Crippen molar-refractivity contribution in [1.29, 1.82) is 21.0 Å². The molecule has 0 spiro atoms. The smallest absolute Gasteiger partial charge is 0.136 e. The molecule has 3 aromatic rings. The summed E-state index contributed by atoms with van der Waals surface area (Å²) in [6.07, 6.45) is 1.64. The average Bonchev–Trinajstić information content (AvgIpc) is 2.77. The van der Waals surface area contributed by atoms with Crippen LogP contribution in [0.15, 0.2) is 66.9 Å². The van der Waals surface area contributed by atoms with E-state index < -0.39 is 0 Å². The van der Waals surface area contributed by atoms with Gasteiger partial charge in [-0.2, -0.15) is 21.0 Å². The molecule has 5 nitrogen and oxygen atoms in total. The van der Waals surface area contributed by atoms with E-state index in [1.807, 2.05) is 18.2 Å². The van der Waals surface area contributed by atoms with Crippen LogP contribution in [0, 0.1) is 45.3 Å². The second kappa shape index (κ2) is 8.11. The Kier molecular flexibility index (Phi) is 5.24. The number of hydrogen-bond donors (Lipinski definition) is 0. The fourth-order valence-corrected chi connectivity index (χ4v) is 2.80. The van der Waals surface area contributed by atoms with Crippen molar-refractivity contribution in [1.82, 2.24) is 4.98 Å². The van der Waals surface area contributed by atoms with E-state index in [4.69, 9.17) is 5.26 Å². The first-order valence-corrected chi connectivity index (χ1v) is 8.22.